The molecule has 0 radical (unpaired) electrons. The fourth-order valence-electron chi connectivity index (χ4n) is 2.66. The summed E-state index contributed by atoms with van der Waals surface area (Å²) < 4.78 is 2.03. The number of carbonyl (C=O) groups excluding carboxylic acids is 1. The number of amides is 1. The lowest BCUT2D eigenvalue weighted by molar-refractivity contribution is -0.119. The molecule has 3 heterocycles. The molecular formula is C15H14N6O. The molecule has 0 atom stereocenters. The van der Waals surface area contributed by atoms with Crippen molar-refractivity contribution in [2.24, 2.45) is 0 Å². The van der Waals surface area contributed by atoms with Gasteiger partial charge >= 0.3 is 0 Å². The summed E-state index contributed by atoms with van der Waals surface area (Å²) in [5.74, 6) is 1.56. The Labute approximate surface area is 126 Å². The van der Waals surface area contributed by atoms with Crippen LogP contribution in [0.3, 0.4) is 0 Å². The molecule has 1 N–H and O–H groups in total. The maximum atomic E-state index is 10.9. The van der Waals surface area contributed by atoms with Crippen molar-refractivity contribution < 1.29 is 4.79 Å². The smallest absolute Gasteiger partial charge is 0.210 e. The highest BCUT2D eigenvalue weighted by molar-refractivity contribution is 5.65. The van der Waals surface area contributed by atoms with E-state index in [-0.39, 0.29) is 0 Å². The third-order valence-corrected chi connectivity index (χ3v) is 3.82. The third kappa shape index (κ3) is 2.07. The number of hydrogen-bond donors (Lipinski definition) is 1. The third-order valence-electron chi connectivity index (χ3n) is 3.82. The van der Waals surface area contributed by atoms with Gasteiger partial charge in [-0.2, -0.15) is 5.10 Å². The molecule has 0 saturated carbocycles. The molecule has 3 aromatic rings. The molecule has 0 fully saturated rings. The molecule has 0 aliphatic carbocycles. The first kappa shape index (κ1) is 12.8. The van der Waals surface area contributed by atoms with Crippen LogP contribution in [0.1, 0.15) is 5.82 Å². The van der Waals surface area contributed by atoms with E-state index in [9.17, 15) is 4.79 Å². The van der Waals surface area contributed by atoms with Gasteiger partial charge in [0.15, 0.2) is 11.6 Å². The van der Waals surface area contributed by atoms with E-state index in [1.165, 1.54) is 0 Å². The Morgan fingerprint density at radius 3 is 2.82 bits per heavy atom. The van der Waals surface area contributed by atoms with Gasteiger partial charge in [0.25, 0.3) is 0 Å². The van der Waals surface area contributed by atoms with E-state index in [2.05, 4.69) is 20.4 Å². The maximum Gasteiger partial charge on any atom is 0.210 e. The van der Waals surface area contributed by atoms with Gasteiger partial charge in [-0.1, -0.05) is 30.3 Å². The Hall–Kier alpha value is -2.96. The van der Waals surface area contributed by atoms with E-state index in [0.717, 1.165) is 35.0 Å². The quantitative estimate of drug-likeness (QED) is 0.739. The molecule has 1 amide bonds. The summed E-state index contributed by atoms with van der Waals surface area (Å²) in [7, 11) is 0. The summed E-state index contributed by atoms with van der Waals surface area (Å²) in [6.07, 6.45) is 0.849. The van der Waals surface area contributed by atoms with Crippen molar-refractivity contribution in [1.82, 2.24) is 29.9 Å². The van der Waals surface area contributed by atoms with Gasteiger partial charge < -0.3 is 9.47 Å². The Balaban J connectivity index is 1.68. The van der Waals surface area contributed by atoms with Gasteiger partial charge in [0.05, 0.1) is 12.2 Å². The highest BCUT2D eigenvalue weighted by Crippen LogP contribution is 2.24. The van der Waals surface area contributed by atoms with Gasteiger partial charge in [-0.05, 0) is 6.07 Å². The predicted octanol–water partition coefficient (Wildman–Crippen LogP) is 1.31. The summed E-state index contributed by atoms with van der Waals surface area (Å²) in [5.41, 5.74) is 2.76. The summed E-state index contributed by atoms with van der Waals surface area (Å²) in [6, 6.07) is 11.9. The molecule has 2 aromatic heterocycles. The van der Waals surface area contributed by atoms with Crippen LogP contribution in [-0.4, -0.2) is 42.8 Å². The molecule has 0 saturated heterocycles. The van der Waals surface area contributed by atoms with Gasteiger partial charge in [-0.25, -0.2) is 0 Å². The minimum atomic E-state index is 0.496. The second-order valence-corrected chi connectivity index (χ2v) is 5.20. The monoisotopic (exact) mass is 294 g/mol. The fraction of sp³-hybridized carbons (Fsp3) is 0.200. The van der Waals surface area contributed by atoms with Crippen LogP contribution in [0.5, 0.6) is 0 Å². The summed E-state index contributed by atoms with van der Waals surface area (Å²) in [5, 5.41) is 15.8. The second kappa shape index (κ2) is 5.10. The zero-order valence-corrected chi connectivity index (χ0v) is 11.8. The van der Waals surface area contributed by atoms with Crippen LogP contribution in [0.2, 0.25) is 0 Å². The van der Waals surface area contributed by atoms with Gasteiger partial charge in [0.1, 0.15) is 5.69 Å². The maximum absolute atomic E-state index is 10.9. The number of nitrogens with zero attached hydrogens (tertiary/aromatic N) is 5. The lowest BCUT2D eigenvalue weighted by Crippen LogP contribution is -2.32. The van der Waals surface area contributed by atoms with E-state index >= 15 is 0 Å². The molecule has 7 nitrogen and oxygen atoms in total. The summed E-state index contributed by atoms with van der Waals surface area (Å²) in [4.78, 5) is 12.5. The molecule has 0 bridgehead atoms. The zero-order chi connectivity index (χ0) is 14.9. The normalized spacial score (nSPS) is 13.9. The van der Waals surface area contributed by atoms with Crippen LogP contribution in [0, 0.1) is 0 Å². The largest absolute Gasteiger partial charge is 0.336 e. The fourth-order valence-corrected chi connectivity index (χ4v) is 2.66. The van der Waals surface area contributed by atoms with Crippen molar-refractivity contribution in [3.63, 3.8) is 0 Å². The van der Waals surface area contributed by atoms with Crippen LogP contribution in [0.25, 0.3) is 22.8 Å². The number of benzene rings is 1. The lowest BCUT2D eigenvalue weighted by Gasteiger charge is -2.23. The number of nitrogens with one attached hydrogen (secondary N) is 1. The number of hydrogen-bond acceptors (Lipinski definition) is 4. The number of rotatable bonds is 3. The molecular weight excluding hydrogens is 280 g/mol. The van der Waals surface area contributed by atoms with Crippen LogP contribution in [0.15, 0.2) is 36.4 Å². The molecule has 1 aliphatic rings. The zero-order valence-electron chi connectivity index (χ0n) is 11.8. The molecule has 22 heavy (non-hydrogen) atoms. The molecule has 1 aromatic carbocycles. The molecule has 0 unspecified atom stereocenters. The van der Waals surface area contributed by atoms with Gasteiger partial charge in [0.2, 0.25) is 6.41 Å². The van der Waals surface area contributed by atoms with Gasteiger partial charge in [-0.15, -0.1) is 10.2 Å². The van der Waals surface area contributed by atoms with Crippen molar-refractivity contribution >= 4 is 6.41 Å². The van der Waals surface area contributed by atoms with E-state index < -0.39 is 0 Å². The highest BCUT2D eigenvalue weighted by atomic mass is 16.1. The average Bonchev–Trinajstić information content (AvgIpc) is 3.21. The molecule has 0 spiro atoms. The van der Waals surface area contributed by atoms with Gasteiger partial charge in [0, 0.05) is 18.7 Å². The van der Waals surface area contributed by atoms with Crippen molar-refractivity contribution in [2.75, 3.05) is 6.54 Å². The van der Waals surface area contributed by atoms with Crippen LogP contribution < -0.4 is 0 Å². The molecule has 110 valence electrons. The Bertz CT molecular complexity index is 807. The van der Waals surface area contributed by atoms with Crippen molar-refractivity contribution in [2.45, 2.75) is 13.1 Å². The van der Waals surface area contributed by atoms with E-state index in [4.69, 9.17) is 0 Å². The Morgan fingerprint density at radius 2 is 2.00 bits per heavy atom. The van der Waals surface area contributed by atoms with Gasteiger partial charge in [-0.3, -0.25) is 9.89 Å². The SMILES string of the molecule is O=CN1CCn2c(nnc2-c2cc(-c3ccccc3)n[nH]2)C1. The first-order valence-corrected chi connectivity index (χ1v) is 7.08. The van der Waals surface area contributed by atoms with E-state index in [0.29, 0.717) is 19.6 Å². The Kier molecular flexibility index (Phi) is 2.96. The lowest BCUT2D eigenvalue weighted by atomic mass is 10.1. The Morgan fingerprint density at radius 1 is 1.14 bits per heavy atom. The second-order valence-electron chi connectivity index (χ2n) is 5.20. The standard InChI is InChI=1S/C15H14N6O/c22-10-20-6-7-21-14(9-20)18-19-15(21)13-8-12(16-17-13)11-4-2-1-3-5-11/h1-5,8,10H,6-7,9H2,(H,16,17). The topological polar surface area (TPSA) is 79.7 Å². The number of H-pyrrole nitrogens is 1. The van der Waals surface area contributed by atoms with Crippen LogP contribution in [-0.2, 0) is 17.9 Å². The van der Waals surface area contributed by atoms with Crippen molar-refractivity contribution in [1.29, 1.82) is 0 Å². The average molecular weight is 294 g/mol. The van der Waals surface area contributed by atoms with Crippen molar-refractivity contribution in [3.05, 3.63) is 42.2 Å². The highest BCUT2D eigenvalue weighted by Gasteiger charge is 2.21. The van der Waals surface area contributed by atoms with E-state index in [1.54, 1.807) is 4.90 Å². The predicted molar refractivity (Wildman–Crippen MR) is 79.5 cm³/mol. The summed E-state index contributed by atoms with van der Waals surface area (Å²) in [6.45, 7) is 1.85. The minimum Gasteiger partial charge on any atom is -0.336 e. The van der Waals surface area contributed by atoms with Crippen molar-refractivity contribution in [3.8, 4) is 22.8 Å². The number of aromatic amines is 1. The molecule has 7 heteroatoms. The molecule has 4 rings (SSSR count). The molecule has 1 aliphatic heterocycles. The number of aromatic nitrogens is 5. The first-order chi connectivity index (χ1) is 10.8. The number of fused-ring (bicyclic) bond motifs is 1. The first-order valence-electron chi connectivity index (χ1n) is 7.08. The minimum absolute atomic E-state index is 0.496. The number of carbonyl (C=O) groups is 1. The van der Waals surface area contributed by atoms with E-state index in [1.807, 2.05) is 41.0 Å². The summed E-state index contributed by atoms with van der Waals surface area (Å²) >= 11 is 0. The van der Waals surface area contributed by atoms with Crippen LogP contribution >= 0.6 is 0 Å². The van der Waals surface area contributed by atoms with Crippen LogP contribution in [0.4, 0.5) is 0 Å².